The van der Waals surface area contributed by atoms with Gasteiger partial charge < -0.3 is 10.6 Å². The Morgan fingerprint density at radius 1 is 1.08 bits per heavy atom. The van der Waals surface area contributed by atoms with Gasteiger partial charge in [-0.1, -0.05) is 30.3 Å². The normalized spacial score (nSPS) is 15.6. The Balaban J connectivity index is 1.59. The summed E-state index contributed by atoms with van der Waals surface area (Å²) in [5.41, 5.74) is 7.59. The Bertz CT molecular complexity index is 753. The molecular formula is C20H22FN3O. The molecule has 1 aliphatic rings. The maximum atomic E-state index is 14.2. The molecule has 1 saturated heterocycles. The lowest BCUT2D eigenvalue weighted by Crippen LogP contribution is -2.46. The van der Waals surface area contributed by atoms with E-state index in [1.54, 1.807) is 6.07 Å². The number of amides is 1. The minimum Gasteiger partial charge on any atom is -0.369 e. The third kappa shape index (κ3) is 4.67. The summed E-state index contributed by atoms with van der Waals surface area (Å²) in [4.78, 5) is 15.4. The lowest BCUT2D eigenvalue weighted by atomic mass is 10.1. The summed E-state index contributed by atoms with van der Waals surface area (Å²) in [6.45, 7) is 4.56. The molecule has 1 heterocycles. The molecular weight excluding hydrogens is 317 g/mol. The second-order valence-corrected chi connectivity index (χ2v) is 6.19. The van der Waals surface area contributed by atoms with E-state index < -0.39 is 5.91 Å². The maximum absolute atomic E-state index is 14.2. The van der Waals surface area contributed by atoms with Gasteiger partial charge in [0.15, 0.2) is 0 Å². The van der Waals surface area contributed by atoms with Gasteiger partial charge in [-0.05, 0) is 29.8 Å². The van der Waals surface area contributed by atoms with Crippen LogP contribution in [0.4, 0.5) is 10.1 Å². The molecule has 25 heavy (non-hydrogen) atoms. The van der Waals surface area contributed by atoms with Gasteiger partial charge in [-0.15, -0.1) is 0 Å². The highest BCUT2D eigenvalue weighted by Crippen LogP contribution is 2.21. The number of hydrogen-bond donors (Lipinski definition) is 1. The monoisotopic (exact) mass is 339 g/mol. The molecule has 0 radical (unpaired) electrons. The first kappa shape index (κ1) is 17.2. The van der Waals surface area contributed by atoms with E-state index in [2.05, 4.69) is 34.1 Å². The van der Waals surface area contributed by atoms with Gasteiger partial charge in [0, 0.05) is 50.1 Å². The maximum Gasteiger partial charge on any atom is 0.241 e. The van der Waals surface area contributed by atoms with Crippen molar-refractivity contribution in [3.05, 3.63) is 71.6 Å². The number of primary amides is 1. The van der Waals surface area contributed by atoms with Crippen molar-refractivity contribution in [2.75, 3.05) is 31.1 Å². The van der Waals surface area contributed by atoms with Crippen LogP contribution in [0.5, 0.6) is 0 Å². The number of anilines is 1. The van der Waals surface area contributed by atoms with Crippen LogP contribution in [0.1, 0.15) is 11.1 Å². The second kappa shape index (κ2) is 7.94. The van der Waals surface area contributed by atoms with Crippen molar-refractivity contribution in [1.82, 2.24) is 4.90 Å². The third-order valence-electron chi connectivity index (χ3n) is 4.40. The van der Waals surface area contributed by atoms with Gasteiger partial charge in [-0.3, -0.25) is 9.69 Å². The van der Waals surface area contributed by atoms with E-state index >= 15 is 0 Å². The summed E-state index contributed by atoms with van der Waals surface area (Å²) in [5, 5.41) is 0. The van der Waals surface area contributed by atoms with Crippen LogP contribution in [-0.2, 0) is 11.3 Å². The Kier molecular flexibility index (Phi) is 5.46. The number of rotatable bonds is 5. The number of nitrogens with two attached hydrogens (primary N) is 1. The molecule has 1 aliphatic heterocycles. The number of carbonyl (C=O) groups excluding carboxylic acids is 1. The van der Waals surface area contributed by atoms with Crippen LogP contribution < -0.4 is 10.6 Å². The van der Waals surface area contributed by atoms with Gasteiger partial charge in [0.05, 0.1) is 0 Å². The van der Waals surface area contributed by atoms with Gasteiger partial charge in [0.25, 0.3) is 0 Å². The molecule has 5 heteroatoms. The van der Waals surface area contributed by atoms with Gasteiger partial charge in [-0.2, -0.15) is 0 Å². The SMILES string of the molecule is NC(=O)/C=C/c1ccc(N2CCN(Cc3ccccc3)CC2)cc1F. The van der Waals surface area contributed by atoms with Crippen molar-refractivity contribution >= 4 is 17.7 Å². The minimum atomic E-state index is -0.585. The van der Waals surface area contributed by atoms with Crippen molar-refractivity contribution in [1.29, 1.82) is 0 Å². The van der Waals surface area contributed by atoms with Crippen LogP contribution in [0.15, 0.2) is 54.6 Å². The molecule has 2 aromatic carbocycles. The number of carbonyl (C=O) groups is 1. The number of nitrogens with zero attached hydrogens (tertiary/aromatic N) is 2. The third-order valence-corrected chi connectivity index (χ3v) is 4.40. The van der Waals surface area contributed by atoms with Crippen molar-refractivity contribution in [3.8, 4) is 0 Å². The van der Waals surface area contributed by atoms with Crippen LogP contribution in [-0.4, -0.2) is 37.0 Å². The zero-order valence-corrected chi connectivity index (χ0v) is 14.1. The fourth-order valence-electron chi connectivity index (χ4n) is 3.03. The molecule has 0 atom stereocenters. The van der Waals surface area contributed by atoms with E-state index in [1.807, 2.05) is 12.1 Å². The van der Waals surface area contributed by atoms with Crippen LogP contribution >= 0.6 is 0 Å². The van der Waals surface area contributed by atoms with E-state index in [0.717, 1.165) is 38.4 Å². The number of hydrogen-bond acceptors (Lipinski definition) is 3. The van der Waals surface area contributed by atoms with Gasteiger partial charge in [0.1, 0.15) is 5.82 Å². The Hall–Kier alpha value is -2.66. The molecule has 0 bridgehead atoms. The summed E-state index contributed by atoms with van der Waals surface area (Å²) < 4.78 is 14.2. The fraction of sp³-hybridized carbons (Fsp3) is 0.250. The molecule has 0 saturated carbocycles. The Morgan fingerprint density at radius 2 is 1.80 bits per heavy atom. The average molecular weight is 339 g/mol. The van der Waals surface area contributed by atoms with Crippen molar-refractivity contribution in [3.63, 3.8) is 0 Å². The smallest absolute Gasteiger partial charge is 0.241 e. The van der Waals surface area contributed by atoms with E-state index in [9.17, 15) is 9.18 Å². The van der Waals surface area contributed by atoms with Gasteiger partial charge >= 0.3 is 0 Å². The lowest BCUT2D eigenvalue weighted by Gasteiger charge is -2.36. The molecule has 2 N–H and O–H groups in total. The Labute approximate surface area is 147 Å². The highest BCUT2D eigenvalue weighted by molar-refractivity contribution is 5.90. The molecule has 3 rings (SSSR count). The zero-order chi connectivity index (χ0) is 17.6. The summed E-state index contributed by atoms with van der Waals surface area (Å²) in [6.07, 6.45) is 2.57. The quantitative estimate of drug-likeness (QED) is 0.852. The fourth-order valence-corrected chi connectivity index (χ4v) is 3.03. The van der Waals surface area contributed by atoms with Crippen LogP contribution in [0.2, 0.25) is 0 Å². The van der Waals surface area contributed by atoms with Crippen LogP contribution in [0.3, 0.4) is 0 Å². The van der Waals surface area contributed by atoms with E-state index in [1.165, 1.54) is 23.8 Å². The van der Waals surface area contributed by atoms with E-state index in [-0.39, 0.29) is 5.82 Å². The van der Waals surface area contributed by atoms with Crippen LogP contribution in [0.25, 0.3) is 6.08 Å². The minimum absolute atomic E-state index is 0.346. The Morgan fingerprint density at radius 3 is 2.44 bits per heavy atom. The number of benzene rings is 2. The van der Waals surface area contributed by atoms with E-state index in [0.29, 0.717) is 5.56 Å². The molecule has 0 aliphatic carbocycles. The average Bonchev–Trinajstić information content (AvgIpc) is 2.62. The highest BCUT2D eigenvalue weighted by Gasteiger charge is 2.18. The van der Waals surface area contributed by atoms with E-state index in [4.69, 9.17) is 5.73 Å². The largest absolute Gasteiger partial charge is 0.369 e. The summed E-state index contributed by atoms with van der Waals surface area (Å²) in [6, 6.07) is 15.5. The van der Waals surface area contributed by atoms with Crippen molar-refractivity contribution in [2.24, 2.45) is 5.73 Å². The summed E-state index contributed by atoms with van der Waals surface area (Å²) >= 11 is 0. The predicted molar refractivity (Wildman–Crippen MR) is 98.6 cm³/mol. The predicted octanol–water partition coefficient (Wildman–Crippen LogP) is 2.65. The molecule has 0 spiro atoms. The second-order valence-electron chi connectivity index (χ2n) is 6.19. The molecule has 0 unspecified atom stereocenters. The van der Waals surface area contributed by atoms with Crippen LogP contribution in [0, 0.1) is 5.82 Å². The summed E-state index contributed by atoms with van der Waals surface area (Å²) in [7, 11) is 0. The molecule has 2 aromatic rings. The number of piperazine rings is 1. The standard InChI is InChI=1S/C20H22FN3O/c21-19-14-18(8-6-17(19)7-9-20(22)25)24-12-10-23(11-13-24)15-16-4-2-1-3-5-16/h1-9,14H,10-13,15H2,(H2,22,25)/b9-7+. The first-order valence-corrected chi connectivity index (χ1v) is 8.40. The molecule has 4 nitrogen and oxygen atoms in total. The first-order chi connectivity index (χ1) is 12.1. The highest BCUT2D eigenvalue weighted by atomic mass is 19.1. The summed E-state index contributed by atoms with van der Waals surface area (Å²) in [5.74, 6) is -0.931. The molecule has 1 amide bonds. The lowest BCUT2D eigenvalue weighted by molar-refractivity contribution is -0.113. The van der Waals surface area contributed by atoms with Gasteiger partial charge in [0.2, 0.25) is 5.91 Å². The number of halogens is 1. The van der Waals surface area contributed by atoms with Crippen molar-refractivity contribution < 1.29 is 9.18 Å². The first-order valence-electron chi connectivity index (χ1n) is 8.40. The molecule has 1 fully saturated rings. The molecule has 0 aromatic heterocycles. The molecule has 130 valence electrons. The van der Waals surface area contributed by atoms with Crippen molar-refractivity contribution in [2.45, 2.75) is 6.54 Å². The van der Waals surface area contributed by atoms with Gasteiger partial charge in [-0.25, -0.2) is 4.39 Å². The zero-order valence-electron chi connectivity index (χ0n) is 14.1. The topological polar surface area (TPSA) is 49.6 Å².